The average molecular weight is 286 g/mol. The van der Waals surface area contributed by atoms with E-state index in [1.54, 1.807) is 26.0 Å². The van der Waals surface area contributed by atoms with Crippen LogP contribution in [0.15, 0.2) is 18.2 Å². The highest BCUT2D eigenvalue weighted by Crippen LogP contribution is 2.26. The van der Waals surface area contributed by atoms with Crippen molar-refractivity contribution in [2.75, 3.05) is 20.3 Å². The Balaban J connectivity index is 2.80. The SMILES string of the molecule is COC(=O)C(C)(C)COc1ccc(Cl)cc1CCN. The molecule has 0 fully saturated rings. The number of nitrogens with two attached hydrogens (primary N) is 1. The van der Waals surface area contributed by atoms with E-state index in [1.807, 2.05) is 6.07 Å². The predicted molar refractivity (Wildman–Crippen MR) is 75.5 cm³/mol. The molecule has 0 amide bonds. The number of methoxy groups -OCH3 is 1. The zero-order valence-corrected chi connectivity index (χ0v) is 12.3. The van der Waals surface area contributed by atoms with E-state index >= 15 is 0 Å². The van der Waals surface area contributed by atoms with E-state index in [1.165, 1.54) is 7.11 Å². The van der Waals surface area contributed by atoms with E-state index in [2.05, 4.69) is 0 Å². The zero-order chi connectivity index (χ0) is 14.5. The van der Waals surface area contributed by atoms with Crippen molar-refractivity contribution in [3.63, 3.8) is 0 Å². The van der Waals surface area contributed by atoms with Crippen molar-refractivity contribution in [3.05, 3.63) is 28.8 Å². The van der Waals surface area contributed by atoms with Crippen LogP contribution in [0, 0.1) is 5.41 Å². The molecule has 4 nitrogen and oxygen atoms in total. The molecule has 0 saturated carbocycles. The molecular formula is C14H20ClNO3. The first-order valence-electron chi connectivity index (χ1n) is 6.10. The van der Waals surface area contributed by atoms with Crippen LogP contribution in [0.5, 0.6) is 5.75 Å². The Labute approximate surface area is 118 Å². The summed E-state index contributed by atoms with van der Waals surface area (Å²) in [7, 11) is 1.37. The maximum Gasteiger partial charge on any atom is 0.314 e. The number of ether oxygens (including phenoxy) is 2. The standard InChI is InChI=1S/C14H20ClNO3/c1-14(2,13(17)18-3)9-19-12-5-4-11(15)8-10(12)6-7-16/h4-5,8H,6-7,9,16H2,1-3H3. The zero-order valence-electron chi connectivity index (χ0n) is 11.5. The minimum Gasteiger partial charge on any atom is -0.492 e. The van der Waals surface area contributed by atoms with Crippen molar-refractivity contribution in [1.82, 2.24) is 0 Å². The van der Waals surface area contributed by atoms with Gasteiger partial charge in [0.2, 0.25) is 0 Å². The van der Waals surface area contributed by atoms with Gasteiger partial charge in [0.15, 0.2) is 0 Å². The molecule has 0 atom stereocenters. The van der Waals surface area contributed by atoms with E-state index in [-0.39, 0.29) is 12.6 Å². The first-order valence-corrected chi connectivity index (χ1v) is 6.48. The number of esters is 1. The lowest BCUT2D eigenvalue weighted by Gasteiger charge is -2.22. The first-order chi connectivity index (χ1) is 8.90. The number of hydrogen-bond donors (Lipinski definition) is 1. The van der Waals surface area contributed by atoms with Crippen LogP contribution in [0.25, 0.3) is 0 Å². The summed E-state index contributed by atoms with van der Waals surface area (Å²) in [5, 5.41) is 0.642. The summed E-state index contributed by atoms with van der Waals surface area (Å²) >= 11 is 5.95. The molecule has 19 heavy (non-hydrogen) atoms. The van der Waals surface area contributed by atoms with Gasteiger partial charge in [-0.25, -0.2) is 0 Å². The maximum absolute atomic E-state index is 11.6. The van der Waals surface area contributed by atoms with Crippen LogP contribution in [0.2, 0.25) is 5.02 Å². The van der Waals surface area contributed by atoms with Gasteiger partial charge in [-0.05, 0) is 50.6 Å². The molecule has 1 rings (SSSR count). The molecule has 0 heterocycles. The normalized spacial score (nSPS) is 11.2. The Bertz CT molecular complexity index is 446. The molecule has 0 aliphatic heterocycles. The minimum atomic E-state index is -0.700. The summed E-state index contributed by atoms with van der Waals surface area (Å²) < 4.78 is 10.5. The Kier molecular flexibility index (Phi) is 5.63. The van der Waals surface area contributed by atoms with E-state index in [0.717, 1.165) is 5.56 Å². The molecule has 0 aliphatic carbocycles. The first kappa shape index (κ1) is 15.8. The molecule has 1 aromatic carbocycles. The van der Waals surface area contributed by atoms with Crippen LogP contribution in [-0.2, 0) is 16.0 Å². The van der Waals surface area contributed by atoms with Crippen LogP contribution in [0.4, 0.5) is 0 Å². The number of carbonyl (C=O) groups excluding carboxylic acids is 1. The highest BCUT2D eigenvalue weighted by Gasteiger charge is 2.30. The smallest absolute Gasteiger partial charge is 0.314 e. The molecule has 0 aliphatic rings. The molecule has 0 radical (unpaired) electrons. The fourth-order valence-electron chi connectivity index (χ4n) is 1.63. The number of benzene rings is 1. The summed E-state index contributed by atoms with van der Waals surface area (Å²) in [6, 6.07) is 5.37. The van der Waals surface area contributed by atoms with Crippen molar-refractivity contribution in [2.45, 2.75) is 20.3 Å². The van der Waals surface area contributed by atoms with Crippen molar-refractivity contribution in [1.29, 1.82) is 0 Å². The topological polar surface area (TPSA) is 61.5 Å². The van der Waals surface area contributed by atoms with E-state index in [4.69, 9.17) is 26.8 Å². The van der Waals surface area contributed by atoms with Crippen LogP contribution >= 0.6 is 11.6 Å². The number of hydrogen-bond acceptors (Lipinski definition) is 4. The lowest BCUT2D eigenvalue weighted by Crippen LogP contribution is -2.32. The van der Waals surface area contributed by atoms with Gasteiger partial charge in [0.1, 0.15) is 12.4 Å². The van der Waals surface area contributed by atoms with E-state index in [9.17, 15) is 4.79 Å². The highest BCUT2D eigenvalue weighted by atomic mass is 35.5. The van der Waals surface area contributed by atoms with Gasteiger partial charge >= 0.3 is 5.97 Å². The quantitative estimate of drug-likeness (QED) is 0.816. The van der Waals surface area contributed by atoms with Crippen molar-refractivity contribution in [3.8, 4) is 5.75 Å². The Hall–Kier alpha value is -1.26. The molecule has 0 bridgehead atoms. The van der Waals surface area contributed by atoms with E-state index in [0.29, 0.717) is 23.7 Å². The molecular weight excluding hydrogens is 266 g/mol. The molecule has 0 unspecified atom stereocenters. The third-order valence-corrected chi connectivity index (χ3v) is 3.00. The van der Waals surface area contributed by atoms with Crippen molar-refractivity contribution in [2.24, 2.45) is 11.1 Å². The summed E-state index contributed by atoms with van der Waals surface area (Å²) in [6.45, 7) is 4.30. The Morgan fingerprint density at radius 2 is 2.11 bits per heavy atom. The third kappa shape index (κ3) is 4.40. The van der Waals surface area contributed by atoms with Gasteiger partial charge in [-0.15, -0.1) is 0 Å². The van der Waals surface area contributed by atoms with Crippen LogP contribution in [0.3, 0.4) is 0 Å². The lowest BCUT2D eigenvalue weighted by molar-refractivity contribution is -0.152. The molecule has 0 spiro atoms. The van der Waals surface area contributed by atoms with Gasteiger partial charge in [-0.2, -0.15) is 0 Å². The number of halogens is 1. The van der Waals surface area contributed by atoms with Gasteiger partial charge in [0, 0.05) is 5.02 Å². The lowest BCUT2D eigenvalue weighted by atomic mass is 9.95. The summed E-state index contributed by atoms with van der Waals surface area (Å²) in [5.74, 6) is 0.397. The Morgan fingerprint density at radius 3 is 2.68 bits per heavy atom. The number of carbonyl (C=O) groups is 1. The summed E-state index contributed by atoms with van der Waals surface area (Å²) in [6.07, 6.45) is 0.675. The van der Waals surface area contributed by atoms with Gasteiger partial charge in [0.25, 0.3) is 0 Å². The second-order valence-corrected chi connectivity index (χ2v) is 5.39. The second-order valence-electron chi connectivity index (χ2n) is 4.95. The van der Waals surface area contributed by atoms with Gasteiger partial charge in [-0.1, -0.05) is 11.6 Å². The number of rotatable bonds is 6. The van der Waals surface area contributed by atoms with Crippen LogP contribution in [-0.4, -0.2) is 26.2 Å². The van der Waals surface area contributed by atoms with Crippen LogP contribution < -0.4 is 10.5 Å². The third-order valence-electron chi connectivity index (χ3n) is 2.76. The monoisotopic (exact) mass is 285 g/mol. The van der Waals surface area contributed by atoms with Crippen molar-refractivity contribution >= 4 is 17.6 Å². The largest absolute Gasteiger partial charge is 0.492 e. The van der Waals surface area contributed by atoms with Gasteiger partial charge < -0.3 is 15.2 Å². The highest BCUT2D eigenvalue weighted by molar-refractivity contribution is 6.30. The fourth-order valence-corrected chi connectivity index (χ4v) is 1.83. The molecule has 106 valence electrons. The molecule has 0 saturated heterocycles. The molecule has 2 N–H and O–H groups in total. The van der Waals surface area contributed by atoms with Crippen LogP contribution in [0.1, 0.15) is 19.4 Å². The maximum atomic E-state index is 11.6. The van der Waals surface area contributed by atoms with Gasteiger partial charge in [0.05, 0.1) is 12.5 Å². The average Bonchev–Trinajstić information content (AvgIpc) is 2.37. The molecule has 5 heteroatoms. The summed E-state index contributed by atoms with van der Waals surface area (Å²) in [5.41, 5.74) is 5.80. The van der Waals surface area contributed by atoms with Crippen molar-refractivity contribution < 1.29 is 14.3 Å². The molecule has 1 aromatic rings. The predicted octanol–water partition coefficient (Wildman–Crippen LogP) is 2.42. The summed E-state index contributed by atoms with van der Waals surface area (Å²) in [4.78, 5) is 11.6. The fraction of sp³-hybridized carbons (Fsp3) is 0.500. The van der Waals surface area contributed by atoms with E-state index < -0.39 is 5.41 Å². The van der Waals surface area contributed by atoms with Gasteiger partial charge in [-0.3, -0.25) is 4.79 Å². The Morgan fingerprint density at radius 1 is 1.42 bits per heavy atom. The second kappa shape index (κ2) is 6.78. The molecule has 0 aromatic heterocycles. The minimum absolute atomic E-state index is 0.235.